The highest BCUT2D eigenvalue weighted by molar-refractivity contribution is 5.69. The molecule has 0 radical (unpaired) electrons. The second kappa shape index (κ2) is 4.84. The van der Waals surface area contributed by atoms with Gasteiger partial charge in [0.15, 0.2) is 0 Å². The Morgan fingerprint density at radius 1 is 1.53 bits per heavy atom. The summed E-state index contributed by atoms with van der Waals surface area (Å²) in [5.41, 5.74) is -0.750. The number of aliphatic hydroxyl groups is 1. The van der Waals surface area contributed by atoms with Crippen LogP contribution < -0.4 is 0 Å². The van der Waals surface area contributed by atoms with Gasteiger partial charge >= 0.3 is 6.09 Å². The van der Waals surface area contributed by atoms with E-state index in [1.165, 1.54) is 0 Å². The molecule has 0 aromatic carbocycles. The summed E-state index contributed by atoms with van der Waals surface area (Å²) in [6.45, 7) is 10.4. The first-order chi connectivity index (χ1) is 7.70. The van der Waals surface area contributed by atoms with Gasteiger partial charge in [-0.05, 0) is 40.5 Å². The van der Waals surface area contributed by atoms with Gasteiger partial charge in [-0.3, -0.25) is 0 Å². The normalized spacial score (nSPS) is 27.1. The van der Waals surface area contributed by atoms with Gasteiger partial charge in [0.25, 0.3) is 0 Å². The maximum absolute atomic E-state index is 12.1. The number of hydrogen-bond donors (Lipinski definition) is 1. The number of hydrogen-bond acceptors (Lipinski definition) is 3. The predicted molar refractivity (Wildman–Crippen MR) is 66.8 cm³/mol. The summed E-state index contributed by atoms with van der Waals surface area (Å²) < 4.78 is 5.42. The van der Waals surface area contributed by atoms with E-state index >= 15 is 0 Å². The van der Waals surface area contributed by atoms with E-state index in [9.17, 15) is 9.90 Å². The number of amides is 1. The van der Waals surface area contributed by atoms with E-state index in [0.717, 1.165) is 19.4 Å². The summed E-state index contributed by atoms with van der Waals surface area (Å²) in [4.78, 5) is 13.9. The number of carbonyl (C=O) groups excluding carboxylic acids is 1. The zero-order chi connectivity index (χ0) is 13.3. The first kappa shape index (κ1) is 14.3. The summed E-state index contributed by atoms with van der Waals surface area (Å²) in [5.74, 6) is 0.0671. The largest absolute Gasteiger partial charge is 0.444 e. The fourth-order valence-electron chi connectivity index (χ4n) is 2.31. The molecule has 1 saturated heterocycles. The second-order valence-electron chi connectivity index (χ2n) is 6.18. The number of rotatable bonds is 2. The monoisotopic (exact) mass is 243 g/mol. The Morgan fingerprint density at radius 2 is 2.12 bits per heavy atom. The Labute approximate surface area is 104 Å². The molecular formula is C13H25NO3. The average Bonchev–Trinajstić information content (AvgIpc) is 2.58. The third-order valence-electron chi connectivity index (χ3n) is 3.63. The molecule has 17 heavy (non-hydrogen) atoms. The molecule has 1 N–H and O–H groups in total. The number of carbonyl (C=O) groups is 1. The lowest BCUT2D eigenvalue weighted by Gasteiger charge is -2.40. The van der Waals surface area contributed by atoms with E-state index < -0.39 is 5.60 Å². The van der Waals surface area contributed by atoms with E-state index in [-0.39, 0.29) is 24.2 Å². The van der Waals surface area contributed by atoms with Gasteiger partial charge in [-0.1, -0.05) is 6.92 Å². The molecule has 1 aliphatic rings. The van der Waals surface area contributed by atoms with Crippen LogP contribution in [0.4, 0.5) is 4.79 Å². The Morgan fingerprint density at radius 3 is 2.59 bits per heavy atom. The van der Waals surface area contributed by atoms with Gasteiger partial charge in [-0.25, -0.2) is 4.79 Å². The van der Waals surface area contributed by atoms with Crippen molar-refractivity contribution in [1.82, 2.24) is 4.90 Å². The summed E-state index contributed by atoms with van der Waals surface area (Å²) in [6.07, 6.45) is 1.63. The van der Waals surface area contributed by atoms with Crippen LogP contribution in [-0.4, -0.2) is 40.4 Å². The van der Waals surface area contributed by atoms with Crippen LogP contribution in [-0.2, 0) is 4.74 Å². The lowest BCUT2D eigenvalue weighted by Crippen LogP contribution is -2.51. The van der Waals surface area contributed by atoms with Gasteiger partial charge in [0.05, 0.1) is 0 Å². The highest BCUT2D eigenvalue weighted by Gasteiger charge is 2.44. The summed E-state index contributed by atoms with van der Waals surface area (Å²) in [7, 11) is 0. The van der Waals surface area contributed by atoms with Crippen LogP contribution in [0.2, 0.25) is 0 Å². The summed E-state index contributed by atoms with van der Waals surface area (Å²) in [5, 5.41) is 9.31. The fourth-order valence-corrected chi connectivity index (χ4v) is 2.31. The lowest BCUT2D eigenvalue weighted by atomic mass is 9.85. The van der Waals surface area contributed by atoms with Crippen molar-refractivity contribution in [3.8, 4) is 0 Å². The van der Waals surface area contributed by atoms with E-state index in [2.05, 4.69) is 0 Å². The third kappa shape index (κ3) is 3.12. The minimum atomic E-state index is -0.469. The van der Waals surface area contributed by atoms with E-state index in [1.54, 1.807) is 4.90 Å². The molecule has 0 saturated carbocycles. The van der Waals surface area contributed by atoms with Crippen molar-refractivity contribution in [1.29, 1.82) is 0 Å². The first-order valence-electron chi connectivity index (χ1n) is 6.32. The maximum atomic E-state index is 12.1. The quantitative estimate of drug-likeness (QED) is 0.810. The van der Waals surface area contributed by atoms with Crippen LogP contribution in [0, 0.1) is 5.92 Å². The minimum absolute atomic E-state index is 0.0671. The number of likely N-dealkylation sites (tertiary alicyclic amines) is 1. The molecule has 1 amide bonds. The van der Waals surface area contributed by atoms with Gasteiger partial charge in [0, 0.05) is 24.6 Å². The summed E-state index contributed by atoms with van der Waals surface area (Å²) >= 11 is 0. The van der Waals surface area contributed by atoms with Crippen molar-refractivity contribution in [2.75, 3.05) is 13.2 Å². The molecule has 0 aromatic heterocycles. The number of nitrogens with zero attached hydrogens (tertiary/aromatic N) is 1. The third-order valence-corrected chi connectivity index (χ3v) is 3.63. The van der Waals surface area contributed by atoms with Gasteiger partial charge in [-0.15, -0.1) is 0 Å². The molecule has 4 heteroatoms. The average molecular weight is 243 g/mol. The molecule has 1 heterocycles. The molecule has 0 aliphatic carbocycles. The van der Waals surface area contributed by atoms with Crippen molar-refractivity contribution >= 4 is 6.09 Å². The van der Waals surface area contributed by atoms with Gasteiger partial charge in [0.1, 0.15) is 5.60 Å². The SMILES string of the molecule is CC(CO)C1(C)CCCN1C(=O)OC(C)(C)C. The molecule has 1 fully saturated rings. The molecule has 0 spiro atoms. The van der Waals surface area contributed by atoms with Crippen LogP contribution in [0.5, 0.6) is 0 Å². The second-order valence-corrected chi connectivity index (χ2v) is 6.18. The first-order valence-corrected chi connectivity index (χ1v) is 6.32. The molecule has 2 atom stereocenters. The van der Waals surface area contributed by atoms with Crippen molar-refractivity contribution in [3.63, 3.8) is 0 Å². The van der Waals surface area contributed by atoms with E-state index in [0.29, 0.717) is 0 Å². The van der Waals surface area contributed by atoms with Crippen molar-refractivity contribution in [2.45, 2.75) is 58.6 Å². The number of ether oxygens (including phenoxy) is 1. The van der Waals surface area contributed by atoms with Crippen LogP contribution in [0.1, 0.15) is 47.5 Å². The van der Waals surface area contributed by atoms with Gasteiger partial charge in [0.2, 0.25) is 0 Å². The Bertz CT molecular complexity index is 285. The number of aliphatic hydroxyl groups excluding tert-OH is 1. The van der Waals surface area contributed by atoms with Crippen molar-refractivity contribution < 1.29 is 14.6 Å². The van der Waals surface area contributed by atoms with Gasteiger partial charge in [-0.2, -0.15) is 0 Å². The van der Waals surface area contributed by atoms with Crippen LogP contribution in [0.15, 0.2) is 0 Å². The minimum Gasteiger partial charge on any atom is -0.444 e. The zero-order valence-corrected chi connectivity index (χ0v) is 11.6. The van der Waals surface area contributed by atoms with E-state index in [1.807, 2.05) is 34.6 Å². The Balaban J connectivity index is 2.79. The molecular weight excluding hydrogens is 218 g/mol. The zero-order valence-electron chi connectivity index (χ0n) is 11.6. The standard InChI is InChI=1S/C13H25NO3/c1-10(9-15)13(5)7-6-8-14(13)11(16)17-12(2,3)4/h10,15H,6-9H2,1-5H3. The lowest BCUT2D eigenvalue weighted by molar-refractivity contribution is -0.00495. The molecule has 100 valence electrons. The molecule has 1 aliphatic heterocycles. The molecule has 2 unspecified atom stereocenters. The summed E-state index contributed by atoms with van der Waals surface area (Å²) in [6, 6.07) is 0. The predicted octanol–water partition coefficient (Wildman–Crippen LogP) is 2.40. The topological polar surface area (TPSA) is 49.8 Å². The highest BCUT2D eigenvalue weighted by atomic mass is 16.6. The molecule has 0 bridgehead atoms. The Hall–Kier alpha value is -0.770. The Kier molecular flexibility index (Phi) is 4.07. The van der Waals surface area contributed by atoms with Gasteiger partial charge < -0.3 is 14.7 Å². The smallest absolute Gasteiger partial charge is 0.410 e. The van der Waals surface area contributed by atoms with Crippen LogP contribution in [0.25, 0.3) is 0 Å². The molecule has 4 nitrogen and oxygen atoms in total. The van der Waals surface area contributed by atoms with Crippen LogP contribution >= 0.6 is 0 Å². The highest BCUT2D eigenvalue weighted by Crippen LogP contribution is 2.36. The van der Waals surface area contributed by atoms with Crippen molar-refractivity contribution in [2.24, 2.45) is 5.92 Å². The van der Waals surface area contributed by atoms with Crippen molar-refractivity contribution in [3.05, 3.63) is 0 Å². The van der Waals surface area contributed by atoms with E-state index in [4.69, 9.17) is 4.74 Å². The molecule has 0 aromatic rings. The molecule has 1 rings (SSSR count). The van der Waals surface area contributed by atoms with Crippen LogP contribution in [0.3, 0.4) is 0 Å². The fraction of sp³-hybridized carbons (Fsp3) is 0.923. The maximum Gasteiger partial charge on any atom is 0.410 e.